The van der Waals surface area contributed by atoms with Crippen molar-refractivity contribution in [1.82, 2.24) is 9.80 Å². The Morgan fingerprint density at radius 3 is 1.51 bits per heavy atom. The molecule has 43 heavy (non-hydrogen) atoms. The molecule has 7 heteroatoms. The molecule has 0 amide bonds. The molecule has 0 fully saturated rings. The molecule has 2 aliphatic rings. The van der Waals surface area contributed by atoms with E-state index in [2.05, 4.69) is 70.5 Å². The maximum Gasteiger partial charge on any atom is 0.167 e. The molecule has 0 bridgehead atoms. The van der Waals surface area contributed by atoms with Crippen LogP contribution in [0.25, 0.3) is 11.1 Å². The summed E-state index contributed by atoms with van der Waals surface area (Å²) in [5.41, 5.74) is 5.49. The van der Waals surface area contributed by atoms with Gasteiger partial charge in [-0.1, -0.05) is 78.9 Å². The number of nitrogens with zero attached hydrogens (tertiary/aromatic N) is 2. The predicted molar refractivity (Wildman–Crippen MR) is 170 cm³/mol. The van der Waals surface area contributed by atoms with Crippen molar-refractivity contribution < 1.29 is 24.5 Å². The summed E-state index contributed by atoms with van der Waals surface area (Å²) in [6.07, 6.45) is 4.89. The molecule has 3 aromatic carbocycles. The second-order valence-corrected chi connectivity index (χ2v) is 11.3. The van der Waals surface area contributed by atoms with E-state index in [0.29, 0.717) is 30.2 Å². The van der Waals surface area contributed by atoms with Crippen molar-refractivity contribution >= 4 is 16.9 Å². The standard InChI is InChI=1S/C36H42N2O5/c1-27(39)36-34(42-25-32(40)23-37-19-15-30(16-20-37)28-9-4-2-5-10-28)13-8-14-35(36)43-26-33(41)24-38-21-17-31(18-22-38)29-11-6-3-7-12-29/h2-15,17,32-33,40-41H,16,18-26H2,1H3. The Morgan fingerprint density at radius 2 is 1.14 bits per heavy atom. The molecule has 0 aliphatic carbocycles. The van der Waals surface area contributed by atoms with Crippen LogP contribution in [0.5, 0.6) is 11.5 Å². The van der Waals surface area contributed by atoms with Gasteiger partial charge in [-0.15, -0.1) is 0 Å². The number of aliphatic hydroxyl groups is 2. The summed E-state index contributed by atoms with van der Waals surface area (Å²) in [6.45, 7) is 5.83. The van der Waals surface area contributed by atoms with E-state index in [1.807, 2.05) is 12.1 Å². The lowest BCUT2D eigenvalue weighted by atomic mass is 9.99. The molecule has 2 unspecified atom stereocenters. The number of aliphatic hydroxyl groups excluding tert-OH is 2. The molecule has 3 aromatic rings. The van der Waals surface area contributed by atoms with Gasteiger partial charge in [0.15, 0.2) is 5.78 Å². The SMILES string of the molecule is CC(=O)c1c(OCC(O)CN2CC=C(c3ccccc3)CC2)cccc1OCC(O)CN1CC=C(c2ccccc2)CC1. The maximum atomic E-state index is 12.6. The number of Topliss-reactive ketones (excluding diaryl/α,β-unsaturated/α-hetero) is 1. The molecule has 7 nitrogen and oxygen atoms in total. The summed E-state index contributed by atoms with van der Waals surface area (Å²) in [5.74, 6) is 0.551. The van der Waals surface area contributed by atoms with E-state index in [0.717, 1.165) is 39.0 Å². The number of ether oxygens (including phenoxy) is 2. The third-order valence-corrected chi connectivity index (χ3v) is 8.02. The van der Waals surface area contributed by atoms with Gasteiger partial charge in [0.2, 0.25) is 0 Å². The molecule has 0 saturated carbocycles. The van der Waals surface area contributed by atoms with E-state index in [9.17, 15) is 15.0 Å². The van der Waals surface area contributed by atoms with Crippen molar-refractivity contribution in [2.75, 3.05) is 52.5 Å². The normalized spacial score (nSPS) is 17.5. The van der Waals surface area contributed by atoms with Crippen LogP contribution in [0.4, 0.5) is 0 Å². The predicted octanol–water partition coefficient (Wildman–Crippen LogP) is 4.95. The number of ketones is 1. The lowest BCUT2D eigenvalue weighted by Crippen LogP contribution is -2.38. The first-order chi connectivity index (χ1) is 21.0. The number of carbonyl (C=O) groups is 1. The van der Waals surface area contributed by atoms with E-state index in [-0.39, 0.29) is 19.0 Å². The average Bonchev–Trinajstić information content (AvgIpc) is 3.04. The minimum absolute atomic E-state index is 0.0611. The molecule has 0 saturated heterocycles. The van der Waals surface area contributed by atoms with Crippen LogP contribution in [0.15, 0.2) is 91.0 Å². The van der Waals surface area contributed by atoms with Gasteiger partial charge in [-0.25, -0.2) is 0 Å². The summed E-state index contributed by atoms with van der Waals surface area (Å²) in [4.78, 5) is 17.0. The van der Waals surface area contributed by atoms with Gasteiger partial charge >= 0.3 is 0 Å². The highest BCUT2D eigenvalue weighted by Gasteiger charge is 2.21. The summed E-state index contributed by atoms with van der Waals surface area (Å²) < 4.78 is 11.9. The number of rotatable bonds is 13. The first-order valence-electron chi connectivity index (χ1n) is 15.2. The monoisotopic (exact) mass is 582 g/mol. The molecular weight excluding hydrogens is 540 g/mol. The first-order valence-corrected chi connectivity index (χ1v) is 15.2. The van der Waals surface area contributed by atoms with Crippen LogP contribution in [0, 0.1) is 0 Å². The molecular formula is C36H42N2O5. The van der Waals surface area contributed by atoms with Crippen molar-refractivity contribution in [3.05, 3.63) is 108 Å². The number of carbonyl (C=O) groups excluding carboxylic acids is 1. The molecule has 2 atom stereocenters. The zero-order chi connectivity index (χ0) is 30.0. The highest BCUT2D eigenvalue weighted by molar-refractivity contribution is 5.99. The Labute approximate surface area is 254 Å². The van der Waals surface area contributed by atoms with Gasteiger partial charge in [0.1, 0.15) is 42.5 Å². The summed E-state index contributed by atoms with van der Waals surface area (Å²) >= 11 is 0. The molecule has 5 rings (SSSR count). The van der Waals surface area contributed by atoms with Crippen molar-refractivity contribution in [2.24, 2.45) is 0 Å². The lowest BCUT2D eigenvalue weighted by molar-refractivity contribution is 0.0674. The second kappa shape index (κ2) is 15.1. The van der Waals surface area contributed by atoms with Crippen LogP contribution in [-0.2, 0) is 0 Å². The molecule has 2 aliphatic heterocycles. The van der Waals surface area contributed by atoms with Crippen LogP contribution >= 0.6 is 0 Å². The van der Waals surface area contributed by atoms with Gasteiger partial charge in [0.05, 0.1) is 0 Å². The van der Waals surface area contributed by atoms with Crippen LogP contribution in [0.3, 0.4) is 0 Å². The van der Waals surface area contributed by atoms with E-state index in [1.165, 1.54) is 29.2 Å². The van der Waals surface area contributed by atoms with Gasteiger partial charge in [0, 0.05) is 39.3 Å². The summed E-state index contributed by atoms with van der Waals surface area (Å²) in [5, 5.41) is 21.4. The topological polar surface area (TPSA) is 82.5 Å². The highest BCUT2D eigenvalue weighted by Crippen LogP contribution is 2.30. The van der Waals surface area contributed by atoms with E-state index >= 15 is 0 Å². The highest BCUT2D eigenvalue weighted by atomic mass is 16.5. The number of β-amino-alcohol motifs (C(OH)–C–C–N with tert-alkyl or cyclic N) is 2. The third kappa shape index (κ3) is 8.65. The summed E-state index contributed by atoms with van der Waals surface area (Å²) in [6, 6.07) is 26.0. The van der Waals surface area contributed by atoms with Crippen LogP contribution in [0.1, 0.15) is 41.3 Å². The van der Waals surface area contributed by atoms with Gasteiger partial charge < -0.3 is 19.7 Å². The minimum atomic E-state index is -0.709. The Kier molecular flexibility index (Phi) is 10.8. The smallest absolute Gasteiger partial charge is 0.167 e. The van der Waals surface area contributed by atoms with Crippen molar-refractivity contribution in [2.45, 2.75) is 32.0 Å². The number of hydrogen-bond donors (Lipinski definition) is 2. The Hall–Kier alpha value is -3.75. The second-order valence-electron chi connectivity index (χ2n) is 11.3. The van der Waals surface area contributed by atoms with Gasteiger partial charge in [0.25, 0.3) is 0 Å². The first kappa shape index (κ1) is 30.7. The van der Waals surface area contributed by atoms with Crippen molar-refractivity contribution in [1.29, 1.82) is 0 Å². The Bertz CT molecular complexity index is 1310. The number of benzene rings is 3. The maximum absolute atomic E-state index is 12.6. The molecule has 2 N–H and O–H groups in total. The van der Waals surface area contributed by atoms with Crippen molar-refractivity contribution in [3.8, 4) is 11.5 Å². The summed E-state index contributed by atoms with van der Waals surface area (Å²) in [7, 11) is 0. The quantitative estimate of drug-likeness (QED) is 0.276. The fourth-order valence-electron chi connectivity index (χ4n) is 5.75. The van der Waals surface area contributed by atoms with E-state index in [4.69, 9.17) is 9.47 Å². The van der Waals surface area contributed by atoms with E-state index < -0.39 is 12.2 Å². The molecule has 0 aromatic heterocycles. The molecule has 226 valence electrons. The van der Waals surface area contributed by atoms with E-state index in [1.54, 1.807) is 18.2 Å². The molecule has 0 radical (unpaired) electrons. The third-order valence-electron chi connectivity index (χ3n) is 8.02. The fraction of sp³-hybridized carbons (Fsp3) is 0.361. The average molecular weight is 583 g/mol. The lowest BCUT2D eigenvalue weighted by Gasteiger charge is -2.29. The fourth-order valence-corrected chi connectivity index (χ4v) is 5.75. The number of hydrogen-bond acceptors (Lipinski definition) is 7. The minimum Gasteiger partial charge on any atom is -0.490 e. The molecule has 2 heterocycles. The van der Waals surface area contributed by atoms with Gasteiger partial charge in [-0.05, 0) is 54.2 Å². The molecule has 0 spiro atoms. The van der Waals surface area contributed by atoms with Crippen LogP contribution in [-0.4, -0.2) is 90.5 Å². The van der Waals surface area contributed by atoms with Crippen LogP contribution in [0.2, 0.25) is 0 Å². The zero-order valence-corrected chi connectivity index (χ0v) is 24.9. The zero-order valence-electron chi connectivity index (χ0n) is 24.9. The van der Waals surface area contributed by atoms with Crippen LogP contribution < -0.4 is 9.47 Å². The Morgan fingerprint density at radius 1 is 0.698 bits per heavy atom. The Balaban J connectivity index is 1.10. The largest absolute Gasteiger partial charge is 0.490 e. The van der Waals surface area contributed by atoms with Crippen molar-refractivity contribution in [3.63, 3.8) is 0 Å². The van der Waals surface area contributed by atoms with Gasteiger partial charge in [-0.3, -0.25) is 14.6 Å². The van der Waals surface area contributed by atoms with Gasteiger partial charge in [-0.2, -0.15) is 0 Å².